The van der Waals surface area contributed by atoms with Gasteiger partial charge in [-0.3, -0.25) is 4.79 Å². The number of para-hydroxylation sites is 1. The molecular formula is C17H11ClN2O3. The summed E-state index contributed by atoms with van der Waals surface area (Å²) >= 11 is 5.78. The lowest BCUT2D eigenvalue weighted by atomic mass is 10.2. The molecule has 5 nitrogen and oxygen atoms in total. The van der Waals surface area contributed by atoms with Gasteiger partial charge >= 0.3 is 5.76 Å². The number of benzene rings is 2. The van der Waals surface area contributed by atoms with Gasteiger partial charge in [-0.25, -0.2) is 9.36 Å². The fraction of sp³-hybridized carbons (Fsp3) is 0.0588. The SMILES string of the molecule is O=c1[nH]c2ccccc2c2oc(=O)n(-c3ccc(CCl)cc3)c12. The predicted molar refractivity (Wildman–Crippen MR) is 89.5 cm³/mol. The summed E-state index contributed by atoms with van der Waals surface area (Å²) in [6.07, 6.45) is 0. The van der Waals surface area contributed by atoms with Crippen LogP contribution in [0.4, 0.5) is 0 Å². The van der Waals surface area contributed by atoms with E-state index in [1.54, 1.807) is 24.3 Å². The number of oxazole rings is 1. The zero-order valence-corrected chi connectivity index (χ0v) is 12.6. The number of rotatable bonds is 2. The molecule has 0 saturated heterocycles. The number of fused-ring (bicyclic) bond motifs is 3. The number of hydrogen-bond acceptors (Lipinski definition) is 3. The third-order valence-electron chi connectivity index (χ3n) is 3.79. The van der Waals surface area contributed by atoms with Crippen LogP contribution in [0.25, 0.3) is 27.7 Å². The van der Waals surface area contributed by atoms with Crippen LogP contribution in [0.5, 0.6) is 0 Å². The second-order valence-electron chi connectivity index (χ2n) is 5.18. The molecule has 6 heteroatoms. The summed E-state index contributed by atoms with van der Waals surface area (Å²) in [5.41, 5.74) is 2.23. The maximum Gasteiger partial charge on any atom is 0.424 e. The van der Waals surface area contributed by atoms with Gasteiger partial charge in [-0.15, -0.1) is 11.6 Å². The number of nitrogens with one attached hydrogen (secondary N) is 1. The predicted octanol–water partition coefficient (Wildman–Crippen LogP) is 3.16. The van der Waals surface area contributed by atoms with Crippen LogP contribution in [0.3, 0.4) is 0 Å². The summed E-state index contributed by atoms with van der Waals surface area (Å²) < 4.78 is 6.64. The van der Waals surface area contributed by atoms with Gasteiger partial charge in [0.25, 0.3) is 5.56 Å². The highest BCUT2D eigenvalue weighted by Crippen LogP contribution is 2.22. The van der Waals surface area contributed by atoms with E-state index in [1.165, 1.54) is 4.57 Å². The van der Waals surface area contributed by atoms with Crippen molar-refractivity contribution >= 4 is 33.6 Å². The summed E-state index contributed by atoms with van der Waals surface area (Å²) in [4.78, 5) is 27.5. The summed E-state index contributed by atoms with van der Waals surface area (Å²) in [7, 11) is 0. The van der Waals surface area contributed by atoms with E-state index in [4.69, 9.17) is 16.0 Å². The van der Waals surface area contributed by atoms with Gasteiger partial charge in [0, 0.05) is 11.3 Å². The molecule has 1 N–H and O–H groups in total. The van der Waals surface area contributed by atoms with Crippen molar-refractivity contribution in [1.29, 1.82) is 0 Å². The highest BCUT2D eigenvalue weighted by atomic mass is 35.5. The quantitative estimate of drug-likeness (QED) is 0.575. The van der Waals surface area contributed by atoms with E-state index in [9.17, 15) is 9.59 Å². The van der Waals surface area contributed by atoms with Crippen LogP contribution in [0, 0.1) is 0 Å². The summed E-state index contributed by atoms with van der Waals surface area (Å²) in [5, 5.41) is 0.690. The third kappa shape index (κ3) is 2.09. The Balaban J connectivity index is 2.11. The topological polar surface area (TPSA) is 68.0 Å². The van der Waals surface area contributed by atoms with Crippen LogP contribution in [0.15, 0.2) is 62.5 Å². The molecule has 23 heavy (non-hydrogen) atoms. The van der Waals surface area contributed by atoms with Crippen LogP contribution in [0.2, 0.25) is 0 Å². The molecule has 0 fully saturated rings. The molecule has 2 aromatic heterocycles. The molecule has 2 aromatic carbocycles. The van der Waals surface area contributed by atoms with Crippen molar-refractivity contribution in [3.8, 4) is 5.69 Å². The normalized spacial score (nSPS) is 11.3. The summed E-state index contributed by atoms with van der Waals surface area (Å²) in [6, 6.07) is 14.3. The van der Waals surface area contributed by atoms with E-state index < -0.39 is 5.76 Å². The van der Waals surface area contributed by atoms with Crippen LogP contribution in [-0.2, 0) is 5.88 Å². The molecule has 0 aliphatic carbocycles. The second-order valence-corrected chi connectivity index (χ2v) is 5.45. The van der Waals surface area contributed by atoms with Gasteiger partial charge in [0.1, 0.15) is 0 Å². The molecule has 114 valence electrons. The standard InChI is InChI=1S/C17H11ClN2O3/c18-9-10-5-7-11(8-6-10)20-14-15(23-17(20)22)12-3-1-2-4-13(12)19-16(14)21/h1-8H,9H2,(H,19,21). The van der Waals surface area contributed by atoms with Gasteiger partial charge in [0.2, 0.25) is 0 Å². The average molecular weight is 327 g/mol. The Hall–Kier alpha value is -2.79. The van der Waals surface area contributed by atoms with Crippen molar-refractivity contribution < 1.29 is 4.42 Å². The van der Waals surface area contributed by atoms with Crippen molar-refractivity contribution in [3.05, 3.63) is 75.0 Å². The van der Waals surface area contributed by atoms with Crippen molar-refractivity contribution in [2.24, 2.45) is 0 Å². The molecule has 0 atom stereocenters. The molecule has 0 saturated carbocycles. The molecule has 4 rings (SSSR count). The molecule has 0 unspecified atom stereocenters. The Labute approximate surface area is 134 Å². The molecule has 0 amide bonds. The lowest BCUT2D eigenvalue weighted by molar-refractivity contribution is 0.543. The monoisotopic (exact) mass is 326 g/mol. The molecule has 0 bridgehead atoms. The molecule has 0 radical (unpaired) electrons. The highest BCUT2D eigenvalue weighted by Gasteiger charge is 2.17. The van der Waals surface area contributed by atoms with Gasteiger partial charge < -0.3 is 9.40 Å². The lowest BCUT2D eigenvalue weighted by Gasteiger charge is -2.03. The van der Waals surface area contributed by atoms with E-state index >= 15 is 0 Å². The number of pyridine rings is 1. The number of H-pyrrole nitrogens is 1. The van der Waals surface area contributed by atoms with Gasteiger partial charge in [-0.1, -0.05) is 24.3 Å². The van der Waals surface area contributed by atoms with Crippen molar-refractivity contribution in [2.45, 2.75) is 5.88 Å². The second kappa shape index (κ2) is 5.14. The first-order valence-corrected chi connectivity index (χ1v) is 7.54. The fourth-order valence-electron chi connectivity index (χ4n) is 2.70. The van der Waals surface area contributed by atoms with E-state index in [0.29, 0.717) is 22.5 Å². The van der Waals surface area contributed by atoms with Crippen molar-refractivity contribution in [1.82, 2.24) is 9.55 Å². The Morgan fingerprint density at radius 1 is 1.04 bits per heavy atom. The van der Waals surface area contributed by atoms with Crippen LogP contribution in [0.1, 0.15) is 5.56 Å². The van der Waals surface area contributed by atoms with Gasteiger partial charge in [-0.2, -0.15) is 0 Å². The Kier molecular flexibility index (Phi) is 3.09. The molecule has 0 spiro atoms. The number of aromatic nitrogens is 2. The average Bonchev–Trinajstić information content (AvgIpc) is 2.93. The number of hydrogen-bond donors (Lipinski definition) is 1. The molecule has 0 aliphatic rings. The van der Waals surface area contributed by atoms with E-state index in [2.05, 4.69) is 4.98 Å². The minimum Gasteiger partial charge on any atom is -0.406 e. The first kappa shape index (κ1) is 13.8. The molecule has 4 aromatic rings. The van der Waals surface area contributed by atoms with E-state index in [1.807, 2.05) is 24.3 Å². The number of aromatic amines is 1. The van der Waals surface area contributed by atoms with Crippen LogP contribution in [-0.4, -0.2) is 9.55 Å². The number of nitrogens with zero attached hydrogens (tertiary/aromatic N) is 1. The lowest BCUT2D eigenvalue weighted by Crippen LogP contribution is -2.17. The summed E-state index contributed by atoms with van der Waals surface area (Å²) in [5.74, 6) is -0.215. The minimum atomic E-state index is -0.597. The minimum absolute atomic E-state index is 0.201. The Morgan fingerprint density at radius 3 is 2.52 bits per heavy atom. The Morgan fingerprint density at radius 2 is 1.78 bits per heavy atom. The zero-order chi connectivity index (χ0) is 16.0. The first-order valence-electron chi connectivity index (χ1n) is 7.01. The maximum atomic E-state index is 12.4. The van der Waals surface area contributed by atoms with E-state index in [0.717, 1.165) is 5.56 Å². The Bertz CT molecular complexity index is 1140. The van der Waals surface area contributed by atoms with Gasteiger partial charge in [0.05, 0.1) is 11.2 Å². The van der Waals surface area contributed by atoms with Gasteiger partial charge in [-0.05, 0) is 29.8 Å². The zero-order valence-electron chi connectivity index (χ0n) is 11.9. The summed E-state index contributed by atoms with van der Waals surface area (Å²) in [6.45, 7) is 0. The highest BCUT2D eigenvalue weighted by molar-refractivity contribution is 6.17. The molecule has 2 heterocycles. The van der Waals surface area contributed by atoms with Gasteiger partial charge in [0.15, 0.2) is 11.1 Å². The van der Waals surface area contributed by atoms with Crippen LogP contribution >= 0.6 is 11.6 Å². The number of alkyl halides is 1. The van der Waals surface area contributed by atoms with E-state index in [-0.39, 0.29) is 16.7 Å². The van der Waals surface area contributed by atoms with Crippen molar-refractivity contribution in [2.75, 3.05) is 0 Å². The number of halogens is 1. The van der Waals surface area contributed by atoms with Crippen LogP contribution < -0.4 is 11.3 Å². The molecular weight excluding hydrogens is 316 g/mol. The largest absolute Gasteiger partial charge is 0.424 e. The smallest absolute Gasteiger partial charge is 0.406 e. The maximum absolute atomic E-state index is 12.4. The third-order valence-corrected chi connectivity index (χ3v) is 4.10. The van der Waals surface area contributed by atoms with Crippen molar-refractivity contribution in [3.63, 3.8) is 0 Å². The molecule has 0 aliphatic heterocycles. The first-order chi connectivity index (χ1) is 11.2. The fourth-order valence-corrected chi connectivity index (χ4v) is 2.88.